The second-order valence-corrected chi connectivity index (χ2v) is 11.2. The number of carbonyl (C=O) groups excluding carboxylic acids is 1. The van der Waals surface area contributed by atoms with Gasteiger partial charge in [-0.05, 0) is 36.3 Å². The molecule has 1 amide bonds. The molecule has 0 fully saturated rings. The largest absolute Gasteiger partial charge is 0.416 e. The third kappa shape index (κ3) is 8.53. The Balaban J connectivity index is 2.61. The first kappa shape index (κ1) is 21.0. The molecule has 0 radical (unpaired) electrons. The first-order chi connectivity index (χ1) is 11.3. The molecule has 0 spiro atoms. The van der Waals surface area contributed by atoms with Crippen LogP contribution < -0.4 is 5.32 Å². The summed E-state index contributed by atoms with van der Waals surface area (Å²) in [6.07, 6.45) is -2.41. The van der Waals surface area contributed by atoms with E-state index in [2.05, 4.69) is 16.8 Å². The van der Waals surface area contributed by atoms with E-state index in [-0.39, 0.29) is 12.1 Å². The smallest absolute Gasteiger partial charge is 0.356 e. The van der Waals surface area contributed by atoms with Crippen molar-refractivity contribution in [2.75, 3.05) is 5.32 Å². The van der Waals surface area contributed by atoms with Gasteiger partial charge in [-0.1, -0.05) is 25.7 Å². The Bertz CT molecular complexity index is 693. The second kappa shape index (κ2) is 7.87. The van der Waals surface area contributed by atoms with Gasteiger partial charge in [0.05, 0.1) is 5.56 Å². The monoisotopic (exact) mass is 371 g/mol. The molecule has 3 N–H and O–H groups in total. The van der Waals surface area contributed by atoms with E-state index >= 15 is 0 Å². The molecule has 0 aliphatic rings. The van der Waals surface area contributed by atoms with Crippen molar-refractivity contribution >= 4 is 19.7 Å². The number of nitrogens with one attached hydrogen (secondary N) is 1. The first-order valence-corrected chi connectivity index (χ1v) is 10.9. The van der Waals surface area contributed by atoms with Crippen LogP contribution in [0.2, 0.25) is 19.6 Å². The van der Waals surface area contributed by atoms with Crippen LogP contribution in [0.3, 0.4) is 0 Å². The van der Waals surface area contributed by atoms with Crippen LogP contribution in [0.1, 0.15) is 12.0 Å². The van der Waals surface area contributed by atoms with Crippen molar-refractivity contribution in [2.24, 2.45) is 0 Å². The van der Waals surface area contributed by atoms with E-state index < -0.39 is 31.5 Å². The lowest BCUT2D eigenvalue weighted by Crippen LogP contribution is -2.27. The summed E-state index contributed by atoms with van der Waals surface area (Å²) in [5.41, 5.74) is 2.20. The Morgan fingerprint density at radius 1 is 1.20 bits per heavy atom. The van der Waals surface area contributed by atoms with Gasteiger partial charge in [-0.2, -0.15) is 13.2 Å². The summed E-state index contributed by atoms with van der Waals surface area (Å²) in [7, 11) is -1.76. The average molecular weight is 371 g/mol. The predicted octanol–water partition coefficient (Wildman–Crippen LogP) is 3.15. The van der Waals surface area contributed by atoms with Crippen molar-refractivity contribution in [2.45, 2.75) is 38.0 Å². The van der Waals surface area contributed by atoms with Crippen LogP contribution in [0.4, 0.5) is 18.9 Å². The molecule has 8 heteroatoms. The molecule has 0 aliphatic carbocycles. The van der Waals surface area contributed by atoms with Crippen molar-refractivity contribution in [3.63, 3.8) is 0 Å². The fourth-order valence-corrected chi connectivity index (χ4v) is 2.17. The zero-order valence-electron chi connectivity index (χ0n) is 14.1. The van der Waals surface area contributed by atoms with Gasteiger partial charge in [0.25, 0.3) is 0 Å². The highest BCUT2D eigenvalue weighted by molar-refractivity contribution is 6.83. The second-order valence-electron chi connectivity index (χ2n) is 6.49. The summed E-state index contributed by atoms with van der Waals surface area (Å²) in [6, 6.07) is 3.99. The maximum absolute atomic E-state index is 12.4. The fraction of sp³-hybridized carbons (Fsp3) is 0.353. The Kier molecular flexibility index (Phi) is 6.59. The third-order valence-corrected chi connectivity index (χ3v) is 3.66. The Morgan fingerprint density at radius 2 is 1.76 bits per heavy atom. The number of anilines is 1. The molecular weight excluding hydrogens is 351 g/mol. The molecule has 1 aromatic rings. The molecule has 136 valence electrons. The summed E-state index contributed by atoms with van der Waals surface area (Å²) >= 11 is 0. The number of hydrogen-bond donors (Lipinski definition) is 3. The van der Waals surface area contributed by atoms with Crippen LogP contribution in [-0.4, -0.2) is 30.0 Å². The number of aliphatic hydroxyl groups is 2. The van der Waals surface area contributed by atoms with Crippen molar-refractivity contribution < 1.29 is 28.2 Å². The number of benzene rings is 1. The average Bonchev–Trinajstić information content (AvgIpc) is 2.44. The number of alkyl halides is 3. The Labute approximate surface area is 145 Å². The molecule has 1 rings (SSSR count). The van der Waals surface area contributed by atoms with Crippen LogP contribution in [0, 0.1) is 11.5 Å². The van der Waals surface area contributed by atoms with Gasteiger partial charge in [-0.25, -0.2) is 0 Å². The zero-order chi connectivity index (χ0) is 19.3. The van der Waals surface area contributed by atoms with Crippen LogP contribution in [0.25, 0.3) is 0 Å². The van der Waals surface area contributed by atoms with Gasteiger partial charge in [0.15, 0.2) is 0 Å². The van der Waals surface area contributed by atoms with Crippen molar-refractivity contribution in [1.82, 2.24) is 0 Å². The molecule has 1 aromatic carbocycles. The van der Waals surface area contributed by atoms with Crippen molar-refractivity contribution in [1.29, 1.82) is 0 Å². The van der Waals surface area contributed by atoms with E-state index in [1.807, 2.05) is 19.6 Å². The number of hydrogen-bond acceptors (Lipinski definition) is 3. The van der Waals surface area contributed by atoms with Gasteiger partial charge in [0, 0.05) is 12.1 Å². The van der Waals surface area contributed by atoms with E-state index in [0.29, 0.717) is 0 Å². The summed E-state index contributed by atoms with van der Waals surface area (Å²) < 4.78 is 37.3. The molecule has 0 bridgehead atoms. The molecule has 25 heavy (non-hydrogen) atoms. The molecule has 0 aliphatic heterocycles. The van der Waals surface area contributed by atoms with Crippen molar-refractivity contribution in [3.8, 4) is 11.5 Å². The minimum Gasteiger partial charge on any atom is -0.356 e. The standard InChI is InChI=1S/C17H20F3NO3Si/c1-25(2,3)12-11-16(23,24)10-4-5-15(22)21-14-8-6-13(7-9-14)17(18,19)20/h4-9,23-24H,10H2,1-3H3,(H,21,22)/b5-4+. The maximum Gasteiger partial charge on any atom is 0.416 e. The predicted molar refractivity (Wildman–Crippen MR) is 92.1 cm³/mol. The lowest BCUT2D eigenvalue weighted by molar-refractivity contribution is -0.137. The van der Waals surface area contributed by atoms with Crippen LogP contribution in [0.15, 0.2) is 36.4 Å². The molecule has 0 heterocycles. The molecular formula is C17H20F3NO3Si. The Hall–Kier alpha value is -2.08. The van der Waals surface area contributed by atoms with Crippen LogP contribution in [0.5, 0.6) is 0 Å². The lowest BCUT2D eigenvalue weighted by atomic mass is 10.2. The van der Waals surface area contributed by atoms with Crippen LogP contribution >= 0.6 is 0 Å². The van der Waals surface area contributed by atoms with E-state index in [1.54, 1.807) is 0 Å². The molecule has 0 saturated carbocycles. The van der Waals surface area contributed by atoms with Gasteiger partial charge >= 0.3 is 6.18 Å². The van der Waals surface area contributed by atoms with E-state index in [0.717, 1.165) is 30.3 Å². The highest BCUT2D eigenvalue weighted by atomic mass is 28.3. The minimum atomic E-state index is -4.44. The summed E-state index contributed by atoms with van der Waals surface area (Å²) in [5.74, 6) is -0.458. The normalized spacial score (nSPS) is 12.6. The molecule has 0 saturated heterocycles. The van der Waals surface area contributed by atoms with Gasteiger partial charge in [-0.3, -0.25) is 4.79 Å². The quantitative estimate of drug-likeness (QED) is 0.330. The van der Waals surface area contributed by atoms with Gasteiger partial charge in [0.2, 0.25) is 11.7 Å². The topological polar surface area (TPSA) is 69.6 Å². The number of halogens is 3. The van der Waals surface area contributed by atoms with Crippen LogP contribution in [-0.2, 0) is 11.0 Å². The van der Waals surface area contributed by atoms with E-state index in [1.165, 1.54) is 6.08 Å². The minimum absolute atomic E-state index is 0.195. The summed E-state index contributed by atoms with van der Waals surface area (Å²) in [6.45, 7) is 5.84. The van der Waals surface area contributed by atoms with E-state index in [9.17, 15) is 28.2 Å². The Morgan fingerprint density at radius 3 is 2.24 bits per heavy atom. The summed E-state index contributed by atoms with van der Waals surface area (Å²) in [5, 5.41) is 21.8. The van der Waals surface area contributed by atoms with Gasteiger partial charge in [-0.15, -0.1) is 5.54 Å². The number of carbonyl (C=O) groups is 1. The highest BCUT2D eigenvalue weighted by Gasteiger charge is 2.29. The molecule has 0 aromatic heterocycles. The fourth-order valence-electron chi connectivity index (χ4n) is 1.60. The van der Waals surface area contributed by atoms with Gasteiger partial charge < -0.3 is 15.5 Å². The third-order valence-electron chi connectivity index (χ3n) is 2.79. The van der Waals surface area contributed by atoms with Crippen molar-refractivity contribution in [3.05, 3.63) is 42.0 Å². The molecule has 4 nitrogen and oxygen atoms in total. The molecule has 0 atom stereocenters. The summed E-state index contributed by atoms with van der Waals surface area (Å²) in [4.78, 5) is 11.7. The highest BCUT2D eigenvalue weighted by Crippen LogP contribution is 2.29. The first-order valence-electron chi connectivity index (χ1n) is 7.42. The lowest BCUT2D eigenvalue weighted by Gasteiger charge is -2.13. The zero-order valence-corrected chi connectivity index (χ0v) is 15.1. The maximum atomic E-state index is 12.4. The number of amides is 1. The SMILES string of the molecule is C[Si](C)(C)C#CC(O)(O)C/C=C/C(=O)Nc1ccc(C(F)(F)F)cc1. The number of rotatable bonds is 4. The molecule has 0 unspecified atom stereocenters. The van der Waals surface area contributed by atoms with E-state index in [4.69, 9.17) is 0 Å². The van der Waals surface area contributed by atoms with Gasteiger partial charge in [0.1, 0.15) is 8.07 Å².